The van der Waals surface area contributed by atoms with Gasteiger partial charge in [0.15, 0.2) is 0 Å². The molecule has 82 valence electrons. The minimum Gasteiger partial charge on any atom is -0.480 e. The predicted molar refractivity (Wildman–Crippen MR) is 50.7 cm³/mol. The van der Waals surface area contributed by atoms with Crippen LogP contribution in [0.2, 0.25) is 0 Å². The van der Waals surface area contributed by atoms with Crippen LogP contribution in [0.4, 0.5) is 0 Å². The Morgan fingerprint density at radius 2 is 2.00 bits per heavy atom. The molecule has 1 amide bonds. The molecule has 0 aromatic rings. The molecule has 0 saturated heterocycles. The van der Waals surface area contributed by atoms with Crippen LogP contribution in [0.15, 0.2) is 0 Å². The van der Waals surface area contributed by atoms with Gasteiger partial charge in [-0.3, -0.25) is 4.79 Å². The Kier molecular flexibility index (Phi) is 5.87. The second kappa shape index (κ2) is 6.37. The Bertz CT molecular complexity index is 205. The van der Waals surface area contributed by atoms with Gasteiger partial charge in [-0.1, -0.05) is 13.8 Å². The van der Waals surface area contributed by atoms with Crippen LogP contribution in [-0.4, -0.2) is 34.7 Å². The van der Waals surface area contributed by atoms with E-state index in [1.165, 1.54) is 0 Å². The number of carbonyl (C=O) groups is 2. The summed E-state index contributed by atoms with van der Waals surface area (Å²) in [5, 5.41) is 19.6. The van der Waals surface area contributed by atoms with Crippen molar-refractivity contribution in [2.45, 2.75) is 32.7 Å². The molecule has 3 N–H and O–H groups in total. The second-order valence-electron chi connectivity index (χ2n) is 3.22. The maximum atomic E-state index is 11.3. The van der Waals surface area contributed by atoms with Gasteiger partial charge in [-0.25, -0.2) is 4.79 Å². The molecule has 0 spiro atoms. The third-order valence-corrected chi connectivity index (χ3v) is 2.09. The van der Waals surface area contributed by atoms with Gasteiger partial charge in [0, 0.05) is 18.9 Å². The lowest BCUT2D eigenvalue weighted by Crippen LogP contribution is -2.43. The molecule has 0 aliphatic heterocycles. The van der Waals surface area contributed by atoms with E-state index in [4.69, 9.17) is 10.2 Å². The Balaban J connectivity index is 4.15. The third-order valence-electron chi connectivity index (χ3n) is 2.09. The summed E-state index contributed by atoms with van der Waals surface area (Å²) in [6, 6.07) is -0.985. The van der Waals surface area contributed by atoms with Gasteiger partial charge in [0.05, 0.1) is 0 Å². The zero-order valence-corrected chi connectivity index (χ0v) is 8.49. The molecular formula is C9H17NO4. The van der Waals surface area contributed by atoms with Crippen LogP contribution < -0.4 is 5.32 Å². The molecule has 5 heteroatoms. The summed E-state index contributed by atoms with van der Waals surface area (Å²) >= 11 is 0. The van der Waals surface area contributed by atoms with Gasteiger partial charge < -0.3 is 15.5 Å². The Morgan fingerprint density at radius 1 is 1.43 bits per heavy atom. The average molecular weight is 203 g/mol. The quantitative estimate of drug-likeness (QED) is 0.566. The van der Waals surface area contributed by atoms with Crippen molar-refractivity contribution in [1.29, 1.82) is 0 Å². The van der Waals surface area contributed by atoms with Gasteiger partial charge in [0.2, 0.25) is 5.91 Å². The number of aliphatic hydroxyl groups excluding tert-OH is 1. The first-order valence-electron chi connectivity index (χ1n) is 4.67. The lowest BCUT2D eigenvalue weighted by molar-refractivity contribution is -0.142. The highest BCUT2D eigenvalue weighted by molar-refractivity contribution is 5.84. The number of hydrogen-bond donors (Lipinski definition) is 3. The topological polar surface area (TPSA) is 86.6 Å². The standard InChI is InChI=1S/C9H17NO4/c1-3-6(2)8(12)10-7(4-5-11)9(13)14/h6-7,11H,3-5H2,1-2H3,(H,10,12)(H,13,14)/t6?,7-/m0/s1. The van der Waals surface area contributed by atoms with Gasteiger partial charge in [-0.2, -0.15) is 0 Å². The predicted octanol–water partition coefficient (Wildman–Crippen LogP) is -0.0157. The van der Waals surface area contributed by atoms with E-state index in [9.17, 15) is 9.59 Å². The van der Waals surface area contributed by atoms with Crippen molar-refractivity contribution in [3.63, 3.8) is 0 Å². The van der Waals surface area contributed by atoms with Crippen LogP contribution in [0.1, 0.15) is 26.7 Å². The highest BCUT2D eigenvalue weighted by Gasteiger charge is 2.21. The van der Waals surface area contributed by atoms with Crippen molar-refractivity contribution in [3.05, 3.63) is 0 Å². The minimum atomic E-state index is -1.12. The van der Waals surface area contributed by atoms with Crippen molar-refractivity contribution < 1.29 is 19.8 Å². The number of amides is 1. The summed E-state index contributed by atoms with van der Waals surface area (Å²) in [4.78, 5) is 21.9. The van der Waals surface area contributed by atoms with E-state index in [1.807, 2.05) is 6.92 Å². The average Bonchev–Trinajstić information content (AvgIpc) is 2.15. The van der Waals surface area contributed by atoms with Gasteiger partial charge in [0.25, 0.3) is 0 Å². The molecule has 0 radical (unpaired) electrons. The Morgan fingerprint density at radius 3 is 2.36 bits per heavy atom. The number of hydrogen-bond acceptors (Lipinski definition) is 3. The fourth-order valence-corrected chi connectivity index (χ4v) is 0.886. The van der Waals surface area contributed by atoms with Gasteiger partial charge >= 0.3 is 5.97 Å². The Labute approximate surface area is 83.1 Å². The lowest BCUT2D eigenvalue weighted by atomic mass is 10.1. The smallest absolute Gasteiger partial charge is 0.326 e. The van der Waals surface area contributed by atoms with E-state index in [2.05, 4.69) is 5.32 Å². The van der Waals surface area contributed by atoms with Crippen molar-refractivity contribution in [1.82, 2.24) is 5.32 Å². The van der Waals surface area contributed by atoms with E-state index >= 15 is 0 Å². The van der Waals surface area contributed by atoms with Crippen LogP contribution in [0, 0.1) is 5.92 Å². The Hall–Kier alpha value is -1.10. The van der Waals surface area contributed by atoms with Gasteiger partial charge in [0.1, 0.15) is 6.04 Å². The third kappa shape index (κ3) is 4.23. The molecule has 1 unspecified atom stereocenters. The highest BCUT2D eigenvalue weighted by atomic mass is 16.4. The molecule has 0 aromatic heterocycles. The largest absolute Gasteiger partial charge is 0.480 e. The maximum Gasteiger partial charge on any atom is 0.326 e. The van der Waals surface area contributed by atoms with E-state index in [0.717, 1.165) is 0 Å². The SMILES string of the molecule is CCC(C)C(=O)N[C@@H](CCO)C(=O)O. The molecule has 0 aliphatic rings. The molecule has 0 aromatic carbocycles. The van der Waals surface area contributed by atoms with Gasteiger partial charge in [-0.15, -0.1) is 0 Å². The summed E-state index contributed by atoms with van der Waals surface area (Å²) in [6.45, 7) is 3.33. The highest BCUT2D eigenvalue weighted by Crippen LogP contribution is 2.02. The molecular weight excluding hydrogens is 186 g/mol. The summed E-state index contributed by atoms with van der Waals surface area (Å²) in [5.41, 5.74) is 0. The van der Waals surface area contributed by atoms with E-state index in [1.54, 1.807) is 6.92 Å². The first-order valence-corrected chi connectivity index (χ1v) is 4.67. The van der Waals surface area contributed by atoms with Crippen molar-refractivity contribution in [2.75, 3.05) is 6.61 Å². The maximum absolute atomic E-state index is 11.3. The molecule has 0 rings (SSSR count). The fourth-order valence-electron chi connectivity index (χ4n) is 0.886. The van der Waals surface area contributed by atoms with E-state index in [-0.39, 0.29) is 24.9 Å². The number of carboxylic acid groups (broad SMARTS) is 1. The number of nitrogens with one attached hydrogen (secondary N) is 1. The number of carbonyl (C=O) groups excluding carboxylic acids is 1. The molecule has 0 saturated carbocycles. The van der Waals surface area contributed by atoms with Crippen molar-refractivity contribution in [3.8, 4) is 0 Å². The number of aliphatic carboxylic acids is 1. The van der Waals surface area contributed by atoms with Crippen molar-refractivity contribution >= 4 is 11.9 Å². The summed E-state index contributed by atoms with van der Waals surface area (Å²) < 4.78 is 0. The fraction of sp³-hybridized carbons (Fsp3) is 0.778. The van der Waals surface area contributed by atoms with Crippen LogP contribution in [0.3, 0.4) is 0 Å². The molecule has 2 atom stereocenters. The summed E-state index contributed by atoms with van der Waals surface area (Å²) in [6.07, 6.45) is 0.703. The molecule has 0 aliphatic carbocycles. The first kappa shape index (κ1) is 12.9. The molecule has 14 heavy (non-hydrogen) atoms. The minimum absolute atomic E-state index is 0.0392. The lowest BCUT2D eigenvalue weighted by Gasteiger charge is -2.15. The first-order chi connectivity index (χ1) is 6.52. The monoisotopic (exact) mass is 203 g/mol. The second-order valence-corrected chi connectivity index (χ2v) is 3.22. The summed E-state index contributed by atoms with van der Waals surface area (Å²) in [5.74, 6) is -1.60. The van der Waals surface area contributed by atoms with Crippen LogP contribution in [-0.2, 0) is 9.59 Å². The van der Waals surface area contributed by atoms with Crippen LogP contribution in [0.5, 0.6) is 0 Å². The normalized spacial score (nSPS) is 14.5. The van der Waals surface area contributed by atoms with E-state index < -0.39 is 12.0 Å². The number of carboxylic acids is 1. The van der Waals surface area contributed by atoms with Gasteiger partial charge in [-0.05, 0) is 6.42 Å². The molecule has 0 bridgehead atoms. The molecule has 5 nitrogen and oxygen atoms in total. The van der Waals surface area contributed by atoms with Crippen molar-refractivity contribution in [2.24, 2.45) is 5.92 Å². The molecule has 0 fully saturated rings. The molecule has 0 heterocycles. The van der Waals surface area contributed by atoms with Crippen LogP contribution >= 0.6 is 0 Å². The number of aliphatic hydroxyl groups is 1. The van der Waals surface area contributed by atoms with E-state index in [0.29, 0.717) is 6.42 Å². The zero-order valence-electron chi connectivity index (χ0n) is 8.49. The van der Waals surface area contributed by atoms with Crippen LogP contribution in [0.25, 0.3) is 0 Å². The summed E-state index contributed by atoms with van der Waals surface area (Å²) in [7, 11) is 0. The number of rotatable bonds is 6. The zero-order chi connectivity index (χ0) is 11.1.